The lowest BCUT2D eigenvalue weighted by atomic mass is 10.1. The monoisotopic (exact) mass is 462 g/mol. The zero-order chi connectivity index (χ0) is 21.9. The molecule has 5 aromatic rings. The van der Waals surface area contributed by atoms with Crippen molar-refractivity contribution in [3.63, 3.8) is 0 Å². The average molecular weight is 463 g/mol. The number of aromatic amines is 1. The number of fused-ring (bicyclic) bond motifs is 1. The normalized spacial score (nSPS) is 11.3. The third-order valence-corrected chi connectivity index (χ3v) is 5.84. The molecule has 0 aliphatic rings. The van der Waals surface area contributed by atoms with Gasteiger partial charge in [-0.15, -0.1) is 0 Å². The summed E-state index contributed by atoms with van der Waals surface area (Å²) < 4.78 is 0. The van der Waals surface area contributed by atoms with Crippen LogP contribution in [0.5, 0.6) is 0 Å². The van der Waals surface area contributed by atoms with Crippen LogP contribution in [-0.4, -0.2) is 25.0 Å². The summed E-state index contributed by atoms with van der Waals surface area (Å²) >= 11 is 12.2. The SMILES string of the molecule is Clc1ccc(Cn2nc(CNCc3nc4ccccc4[nH]3)c(-c3ccccc3)n2)cc1Cl. The predicted molar refractivity (Wildman–Crippen MR) is 128 cm³/mol. The van der Waals surface area contributed by atoms with Crippen molar-refractivity contribution in [3.8, 4) is 11.3 Å². The van der Waals surface area contributed by atoms with Gasteiger partial charge >= 0.3 is 0 Å². The molecule has 8 heteroatoms. The molecule has 0 amide bonds. The van der Waals surface area contributed by atoms with Crippen molar-refractivity contribution in [2.45, 2.75) is 19.6 Å². The van der Waals surface area contributed by atoms with Crippen LogP contribution in [0.4, 0.5) is 0 Å². The first-order valence-corrected chi connectivity index (χ1v) is 11.0. The Labute approximate surface area is 195 Å². The number of H-pyrrole nitrogens is 1. The molecule has 2 aromatic heterocycles. The van der Waals surface area contributed by atoms with Crippen LogP contribution in [0.15, 0.2) is 72.8 Å². The van der Waals surface area contributed by atoms with Crippen molar-refractivity contribution in [3.05, 3.63) is 99.9 Å². The average Bonchev–Trinajstić information content (AvgIpc) is 3.40. The number of hydrogen-bond acceptors (Lipinski definition) is 4. The highest BCUT2D eigenvalue weighted by atomic mass is 35.5. The summed E-state index contributed by atoms with van der Waals surface area (Å²) in [6.07, 6.45) is 0. The van der Waals surface area contributed by atoms with E-state index < -0.39 is 0 Å². The summed E-state index contributed by atoms with van der Waals surface area (Å²) in [5.41, 5.74) is 5.71. The lowest BCUT2D eigenvalue weighted by Gasteiger charge is -2.03. The minimum Gasteiger partial charge on any atom is -0.341 e. The molecule has 0 atom stereocenters. The summed E-state index contributed by atoms with van der Waals surface area (Å²) in [5, 5.41) is 14.0. The van der Waals surface area contributed by atoms with E-state index in [-0.39, 0.29) is 0 Å². The Hall–Kier alpha value is -3.19. The topological polar surface area (TPSA) is 71.4 Å². The Morgan fingerprint density at radius 2 is 1.66 bits per heavy atom. The fourth-order valence-corrected chi connectivity index (χ4v) is 3.90. The van der Waals surface area contributed by atoms with Gasteiger partial charge in [-0.1, -0.05) is 71.7 Å². The minimum atomic E-state index is 0.500. The molecule has 0 aliphatic heterocycles. The van der Waals surface area contributed by atoms with Gasteiger partial charge < -0.3 is 10.3 Å². The number of nitrogens with zero attached hydrogens (tertiary/aromatic N) is 4. The van der Waals surface area contributed by atoms with Crippen LogP contribution in [0.25, 0.3) is 22.3 Å². The van der Waals surface area contributed by atoms with Crippen molar-refractivity contribution < 1.29 is 0 Å². The summed E-state index contributed by atoms with van der Waals surface area (Å²) in [6.45, 7) is 1.66. The standard InChI is InChI=1S/C24H20Cl2N6/c25-18-11-10-16(12-19(18)26)15-32-30-22(24(31-32)17-6-2-1-3-7-17)13-27-14-23-28-20-8-4-5-9-21(20)29-23/h1-12,27H,13-15H2,(H,28,29). The molecule has 0 saturated carbocycles. The van der Waals surface area contributed by atoms with Gasteiger partial charge in [0.25, 0.3) is 0 Å². The van der Waals surface area contributed by atoms with E-state index in [4.69, 9.17) is 33.4 Å². The number of nitrogens with one attached hydrogen (secondary N) is 2. The molecule has 0 fully saturated rings. The molecule has 32 heavy (non-hydrogen) atoms. The van der Waals surface area contributed by atoms with Gasteiger partial charge in [-0.05, 0) is 29.8 Å². The van der Waals surface area contributed by atoms with Crippen LogP contribution in [0.1, 0.15) is 17.1 Å². The second-order valence-electron chi connectivity index (χ2n) is 7.44. The predicted octanol–water partition coefficient (Wildman–Crippen LogP) is 5.47. The Kier molecular flexibility index (Phi) is 5.90. The fraction of sp³-hybridized carbons (Fsp3) is 0.125. The molecule has 0 unspecified atom stereocenters. The largest absolute Gasteiger partial charge is 0.341 e. The molecule has 0 spiro atoms. The van der Waals surface area contributed by atoms with E-state index in [1.807, 2.05) is 66.7 Å². The number of halogens is 2. The highest BCUT2D eigenvalue weighted by Crippen LogP contribution is 2.24. The van der Waals surface area contributed by atoms with Crippen molar-refractivity contribution in [1.82, 2.24) is 30.3 Å². The van der Waals surface area contributed by atoms with Gasteiger partial charge in [0.05, 0.1) is 34.2 Å². The van der Waals surface area contributed by atoms with E-state index in [2.05, 4.69) is 15.3 Å². The van der Waals surface area contributed by atoms with E-state index in [1.54, 1.807) is 10.9 Å². The van der Waals surface area contributed by atoms with Gasteiger partial charge in [0.15, 0.2) is 0 Å². The van der Waals surface area contributed by atoms with Gasteiger partial charge in [-0.3, -0.25) is 0 Å². The highest BCUT2D eigenvalue weighted by molar-refractivity contribution is 6.42. The Bertz CT molecular complexity index is 1330. The molecule has 2 N–H and O–H groups in total. The summed E-state index contributed by atoms with van der Waals surface area (Å²) in [7, 11) is 0. The van der Waals surface area contributed by atoms with E-state index in [9.17, 15) is 0 Å². The summed E-state index contributed by atoms with van der Waals surface area (Å²) in [6, 6.07) is 23.6. The molecule has 0 saturated heterocycles. The third kappa shape index (κ3) is 4.53. The van der Waals surface area contributed by atoms with Crippen LogP contribution in [-0.2, 0) is 19.6 Å². The van der Waals surface area contributed by atoms with Crippen molar-refractivity contribution >= 4 is 34.2 Å². The minimum absolute atomic E-state index is 0.500. The smallest absolute Gasteiger partial charge is 0.121 e. The molecule has 3 aromatic carbocycles. The molecular weight excluding hydrogens is 443 g/mol. The third-order valence-electron chi connectivity index (χ3n) is 5.10. The molecule has 5 rings (SSSR count). The van der Waals surface area contributed by atoms with E-state index in [0.29, 0.717) is 29.7 Å². The maximum absolute atomic E-state index is 6.17. The highest BCUT2D eigenvalue weighted by Gasteiger charge is 2.14. The van der Waals surface area contributed by atoms with Crippen molar-refractivity contribution in [2.75, 3.05) is 0 Å². The maximum Gasteiger partial charge on any atom is 0.121 e. The number of benzene rings is 3. The number of hydrogen-bond donors (Lipinski definition) is 2. The Balaban J connectivity index is 1.36. The van der Waals surface area contributed by atoms with Gasteiger partial charge in [-0.25, -0.2) is 4.98 Å². The van der Waals surface area contributed by atoms with Gasteiger partial charge in [0.1, 0.15) is 17.2 Å². The lowest BCUT2D eigenvalue weighted by Crippen LogP contribution is -2.15. The van der Waals surface area contributed by atoms with Crippen LogP contribution in [0.3, 0.4) is 0 Å². The molecule has 0 bridgehead atoms. The lowest BCUT2D eigenvalue weighted by molar-refractivity contribution is 0.575. The second kappa shape index (κ2) is 9.12. The van der Waals surface area contributed by atoms with Crippen LogP contribution in [0, 0.1) is 0 Å². The first-order valence-electron chi connectivity index (χ1n) is 10.2. The van der Waals surface area contributed by atoms with Crippen molar-refractivity contribution in [1.29, 1.82) is 0 Å². The molecule has 0 aliphatic carbocycles. The Morgan fingerprint density at radius 3 is 2.47 bits per heavy atom. The molecule has 160 valence electrons. The van der Waals surface area contributed by atoms with Crippen LogP contribution < -0.4 is 5.32 Å². The number of imidazole rings is 1. The van der Waals surface area contributed by atoms with E-state index in [0.717, 1.165) is 39.4 Å². The van der Waals surface area contributed by atoms with Crippen LogP contribution in [0.2, 0.25) is 10.0 Å². The summed E-state index contributed by atoms with van der Waals surface area (Å²) in [5.74, 6) is 0.885. The van der Waals surface area contributed by atoms with Gasteiger partial charge in [0.2, 0.25) is 0 Å². The molecule has 0 radical (unpaired) electrons. The molecule has 6 nitrogen and oxygen atoms in total. The van der Waals surface area contributed by atoms with Gasteiger partial charge in [0, 0.05) is 12.1 Å². The molecule has 2 heterocycles. The van der Waals surface area contributed by atoms with Crippen molar-refractivity contribution in [2.24, 2.45) is 0 Å². The zero-order valence-electron chi connectivity index (χ0n) is 17.1. The molecular formula is C24H20Cl2N6. The summed E-state index contributed by atoms with van der Waals surface area (Å²) in [4.78, 5) is 9.65. The quantitative estimate of drug-likeness (QED) is 0.336. The fourth-order valence-electron chi connectivity index (χ4n) is 3.58. The zero-order valence-corrected chi connectivity index (χ0v) is 18.6. The first kappa shape index (κ1) is 20.7. The van der Waals surface area contributed by atoms with E-state index >= 15 is 0 Å². The number of para-hydroxylation sites is 2. The Morgan fingerprint density at radius 1 is 0.844 bits per heavy atom. The second-order valence-corrected chi connectivity index (χ2v) is 8.26. The van der Waals surface area contributed by atoms with E-state index in [1.165, 1.54) is 0 Å². The maximum atomic E-state index is 6.17. The number of rotatable bonds is 7. The van der Waals surface area contributed by atoms with Gasteiger partial charge in [-0.2, -0.15) is 15.0 Å². The van der Waals surface area contributed by atoms with Crippen LogP contribution >= 0.6 is 23.2 Å². The first-order chi connectivity index (χ1) is 15.7. The number of aromatic nitrogens is 5.